The molecule has 1 unspecified atom stereocenters. The number of carbonyl (C=O) groups excluding carboxylic acids is 1. The number of rotatable bonds is 4. The monoisotopic (exact) mass is 215 g/mol. The van der Waals surface area contributed by atoms with Crippen molar-refractivity contribution in [1.29, 1.82) is 0 Å². The van der Waals surface area contributed by atoms with Crippen LogP contribution in [-0.4, -0.2) is 22.5 Å². The highest BCUT2D eigenvalue weighted by atomic mass is 35.5. The predicted molar refractivity (Wildman–Crippen MR) is 55.2 cm³/mol. The van der Waals surface area contributed by atoms with Crippen molar-refractivity contribution in [3.8, 4) is 0 Å². The van der Waals surface area contributed by atoms with Crippen LogP contribution in [0.3, 0.4) is 0 Å². The maximum absolute atomic E-state index is 11.3. The number of likely N-dealkylation sites (N-methyl/N-ethyl adjacent to an activating group) is 1. The van der Waals surface area contributed by atoms with Crippen molar-refractivity contribution in [2.24, 2.45) is 0 Å². The lowest BCUT2D eigenvalue weighted by atomic mass is 10.3. The molecule has 1 N–H and O–H groups in total. The zero-order valence-corrected chi connectivity index (χ0v) is 9.08. The number of aromatic nitrogens is 2. The second kappa shape index (κ2) is 5.00. The number of carbonyl (C=O) groups is 1. The van der Waals surface area contributed by atoms with Crippen LogP contribution in [-0.2, 0) is 11.3 Å². The Balaban J connectivity index is 2.83. The summed E-state index contributed by atoms with van der Waals surface area (Å²) >= 11 is 5.97. The van der Waals surface area contributed by atoms with Crippen molar-refractivity contribution in [3.05, 3.63) is 18.2 Å². The first-order valence-corrected chi connectivity index (χ1v) is 5.00. The van der Waals surface area contributed by atoms with Crippen molar-refractivity contribution in [1.82, 2.24) is 14.9 Å². The van der Waals surface area contributed by atoms with E-state index in [4.69, 9.17) is 11.6 Å². The van der Waals surface area contributed by atoms with Gasteiger partial charge in [-0.3, -0.25) is 4.79 Å². The summed E-state index contributed by atoms with van der Waals surface area (Å²) in [5.74, 6) is -0.204. The molecule has 0 bridgehead atoms. The van der Waals surface area contributed by atoms with Gasteiger partial charge >= 0.3 is 0 Å². The Hall–Kier alpha value is -1.03. The van der Waals surface area contributed by atoms with Gasteiger partial charge in [-0.05, 0) is 6.42 Å². The average Bonchev–Trinajstić information content (AvgIpc) is 2.64. The van der Waals surface area contributed by atoms with Crippen LogP contribution in [0.5, 0.6) is 0 Å². The van der Waals surface area contributed by atoms with Crippen LogP contribution in [0.25, 0.3) is 0 Å². The SMILES string of the molecule is CCCn1cncc1C(Cl)C(=O)NC. The molecule has 78 valence electrons. The van der Waals surface area contributed by atoms with Crippen molar-refractivity contribution in [2.75, 3.05) is 7.05 Å². The van der Waals surface area contributed by atoms with Gasteiger partial charge in [0, 0.05) is 13.6 Å². The number of alkyl halides is 1. The van der Waals surface area contributed by atoms with Crippen LogP contribution in [0, 0.1) is 0 Å². The minimum Gasteiger partial charge on any atom is -0.358 e. The molecule has 1 amide bonds. The number of halogens is 1. The summed E-state index contributed by atoms with van der Waals surface area (Å²) in [6.07, 6.45) is 4.31. The van der Waals surface area contributed by atoms with Crippen molar-refractivity contribution < 1.29 is 4.79 Å². The van der Waals surface area contributed by atoms with Crippen LogP contribution in [0.1, 0.15) is 24.4 Å². The number of nitrogens with one attached hydrogen (secondary N) is 1. The number of hydrogen-bond acceptors (Lipinski definition) is 2. The Kier molecular flexibility index (Phi) is 3.95. The van der Waals surface area contributed by atoms with E-state index in [1.165, 1.54) is 0 Å². The van der Waals surface area contributed by atoms with Crippen LogP contribution < -0.4 is 5.32 Å². The Morgan fingerprint density at radius 3 is 3.07 bits per heavy atom. The van der Waals surface area contributed by atoms with Gasteiger partial charge in [-0.2, -0.15) is 0 Å². The molecule has 1 aromatic heterocycles. The zero-order chi connectivity index (χ0) is 10.6. The van der Waals surface area contributed by atoms with Crippen molar-refractivity contribution in [2.45, 2.75) is 25.3 Å². The minimum atomic E-state index is -0.658. The highest BCUT2D eigenvalue weighted by Crippen LogP contribution is 2.20. The first-order chi connectivity index (χ1) is 6.70. The van der Waals surface area contributed by atoms with E-state index in [0.29, 0.717) is 0 Å². The van der Waals surface area contributed by atoms with Gasteiger partial charge in [0.25, 0.3) is 0 Å². The molecule has 1 heterocycles. The zero-order valence-electron chi connectivity index (χ0n) is 8.33. The Bertz CT molecular complexity index is 311. The minimum absolute atomic E-state index is 0.204. The second-order valence-electron chi connectivity index (χ2n) is 2.99. The molecule has 0 aliphatic carbocycles. The van der Waals surface area contributed by atoms with E-state index in [-0.39, 0.29) is 5.91 Å². The number of aryl methyl sites for hydroxylation is 1. The van der Waals surface area contributed by atoms with Gasteiger partial charge in [0.2, 0.25) is 5.91 Å². The first-order valence-electron chi connectivity index (χ1n) is 4.56. The van der Waals surface area contributed by atoms with Crippen molar-refractivity contribution >= 4 is 17.5 Å². The third-order valence-corrected chi connectivity index (χ3v) is 2.37. The molecule has 0 radical (unpaired) electrons. The molecule has 1 atom stereocenters. The van der Waals surface area contributed by atoms with E-state index in [1.807, 2.05) is 4.57 Å². The molecule has 5 heteroatoms. The van der Waals surface area contributed by atoms with E-state index < -0.39 is 5.38 Å². The lowest BCUT2D eigenvalue weighted by molar-refractivity contribution is -0.120. The van der Waals surface area contributed by atoms with Crippen molar-refractivity contribution in [3.63, 3.8) is 0 Å². The summed E-state index contributed by atoms with van der Waals surface area (Å²) in [5.41, 5.74) is 0.743. The summed E-state index contributed by atoms with van der Waals surface area (Å²) in [7, 11) is 1.57. The molecule has 0 aliphatic heterocycles. The summed E-state index contributed by atoms with van der Waals surface area (Å²) in [5, 5.41) is 1.85. The van der Waals surface area contributed by atoms with Gasteiger partial charge in [0.05, 0.1) is 18.2 Å². The van der Waals surface area contributed by atoms with Crippen LogP contribution >= 0.6 is 11.6 Å². The molecule has 1 aromatic rings. The van der Waals surface area contributed by atoms with Crippen LogP contribution in [0.2, 0.25) is 0 Å². The van der Waals surface area contributed by atoms with Crippen LogP contribution in [0.15, 0.2) is 12.5 Å². The Morgan fingerprint density at radius 2 is 2.50 bits per heavy atom. The molecule has 4 nitrogen and oxygen atoms in total. The number of hydrogen-bond donors (Lipinski definition) is 1. The smallest absolute Gasteiger partial charge is 0.243 e. The van der Waals surface area contributed by atoms with E-state index in [9.17, 15) is 4.79 Å². The van der Waals surface area contributed by atoms with E-state index in [2.05, 4.69) is 17.2 Å². The number of imidazole rings is 1. The first kappa shape index (κ1) is 11.0. The van der Waals surface area contributed by atoms with Gasteiger partial charge in [-0.1, -0.05) is 6.92 Å². The Morgan fingerprint density at radius 1 is 1.79 bits per heavy atom. The van der Waals surface area contributed by atoms with Gasteiger partial charge < -0.3 is 9.88 Å². The fourth-order valence-corrected chi connectivity index (χ4v) is 1.52. The largest absolute Gasteiger partial charge is 0.358 e. The highest BCUT2D eigenvalue weighted by molar-refractivity contribution is 6.30. The van der Waals surface area contributed by atoms with Gasteiger partial charge in [-0.25, -0.2) is 4.98 Å². The molecule has 0 aromatic carbocycles. The Labute approximate surface area is 88.3 Å². The maximum atomic E-state index is 11.3. The molecule has 0 fully saturated rings. The second-order valence-corrected chi connectivity index (χ2v) is 3.43. The highest BCUT2D eigenvalue weighted by Gasteiger charge is 2.19. The van der Waals surface area contributed by atoms with E-state index in [0.717, 1.165) is 18.7 Å². The van der Waals surface area contributed by atoms with Crippen LogP contribution in [0.4, 0.5) is 0 Å². The third kappa shape index (κ3) is 2.26. The molecular formula is C9H14ClN3O. The number of amides is 1. The third-order valence-electron chi connectivity index (χ3n) is 1.95. The molecule has 0 saturated carbocycles. The summed E-state index contributed by atoms with van der Waals surface area (Å²) in [4.78, 5) is 15.3. The molecule has 0 saturated heterocycles. The molecule has 1 rings (SSSR count). The lowest BCUT2D eigenvalue weighted by Crippen LogP contribution is -2.24. The van der Waals surface area contributed by atoms with E-state index in [1.54, 1.807) is 19.6 Å². The van der Waals surface area contributed by atoms with Gasteiger partial charge in [0.1, 0.15) is 0 Å². The standard InChI is InChI=1S/C9H14ClN3O/c1-3-4-13-6-12-5-7(13)8(10)9(14)11-2/h5-6,8H,3-4H2,1-2H3,(H,11,14). The molecular weight excluding hydrogens is 202 g/mol. The molecule has 0 spiro atoms. The normalized spacial score (nSPS) is 12.5. The predicted octanol–water partition coefficient (Wildman–Crippen LogP) is 1.32. The summed E-state index contributed by atoms with van der Waals surface area (Å²) in [6.45, 7) is 2.89. The summed E-state index contributed by atoms with van der Waals surface area (Å²) < 4.78 is 1.90. The molecule has 14 heavy (non-hydrogen) atoms. The number of nitrogens with zero attached hydrogens (tertiary/aromatic N) is 2. The molecule has 0 aliphatic rings. The average molecular weight is 216 g/mol. The van der Waals surface area contributed by atoms with Gasteiger partial charge in [-0.15, -0.1) is 11.6 Å². The summed E-state index contributed by atoms with van der Waals surface area (Å²) in [6, 6.07) is 0. The lowest BCUT2D eigenvalue weighted by Gasteiger charge is -2.10. The quantitative estimate of drug-likeness (QED) is 0.771. The van der Waals surface area contributed by atoms with Gasteiger partial charge in [0.15, 0.2) is 5.38 Å². The van der Waals surface area contributed by atoms with E-state index >= 15 is 0 Å². The maximum Gasteiger partial charge on any atom is 0.243 e. The fraction of sp³-hybridized carbons (Fsp3) is 0.556. The fourth-order valence-electron chi connectivity index (χ4n) is 1.23. The topological polar surface area (TPSA) is 46.9 Å².